The minimum Gasteiger partial charge on any atom is -0.348 e. The summed E-state index contributed by atoms with van der Waals surface area (Å²) in [6.45, 7) is 9.86. The first-order valence-corrected chi connectivity index (χ1v) is 9.81. The molecule has 3 aromatic rings. The van der Waals surface area contributed by atoms with E-state index in [1.54, 1.807) is 0 Å². The standard InChI is InChI=1S/C24H27N3O/c1-16-7-10-21(19(4)14-16)23-22-6-5-11-26(22)12-13-27(23)24(28)25-20-9-8-17(2)18(3)15-20/h5-11,14-15,23H,12-13H2,1-4H3,(H,25,28). The molecule has 1 atom stereocenters. The van der Waals surface area contributed by atoms with Crippen LogP contribution in [0.4, 0.5) is 10.5 Å². The molecular formula is C24H27N3O. The highest BCUT2D eigenvalue weighted by atomic mass is 16.2. The zero-order valence-electron chi connectivity index (χ0n) is 17.0. The molecule has 0 saturated carbocycles. The summed E-state index contributed by atoms with van der Waals surface area (Å²) in [5.74, 6) is 0. The molecule has 1 aliphatic heterocycles. The number of nitrogens with one attached hydrogen (secondary N) is 1. The number of nitrogens with zero attached hydrogens (tertiary/aromatic N) is 2. The molecule has 0 radical (unpaired) electrons. The first-order valence-electron chi connectivity index (χ1n) is 9.81. The number of carbonyl (C=O) groups is 1. The number of rotatable bonds is 2. The van der Waals surface area contributed by atoms with Crippen molar-refractivity contribution in [2.45, 2.75) is 40.3 Å². The average molecular weight is 374 g/mol. The van der Waals surface area contributed by atoms with Gasteiger partial charge in [-0.1, -0.05) is 29.8 Å². The van der Waals surface area contributed by atoms with Gasteiger partial charge in [-0.3, -0.25) is 0 Å². The van der Waals surface area contributed by atoms with Crippen LogP contribution in [0.15, 0.2) is 54.7 Å². The molecule has 4 heteroatoms. The predicted octanol–water partition coefficient (Wildman–Crippen LogP) is 5.36. The van der Waals surface area contributed by atoms with Crippen LogP contribution in [0.5, 0.6) is 0 Å². The molecule has 144 valence electrons. The highest BCUT2D eigenvalue weighted by Gasteiger charge is 2.33. The van der Waals surface area contributed by atoms with E-state index in [0.29, 0.717) is 6.54 Å². The number of amides is 2. The largest absolute Gasteiger partial charge is 0.348 e. The summed E-state index contributed by atoms with van der Waals surface area (Å²) >= 11 is 0. The van der Waals surface area contributed by atoms with E-state index in [4.69, 9.17) is 0 Å². The zero-order chi connectivity index (χ0) is 19.8. The highest BCUT2D eigenvalue weighted by Crippen LogP contribution is 2.35. The molecule has 1 aliphatic rings. The van der Waals surface area contributed by atoms with Gasteiger partial charge >= 0.3 is 6.03 Å². The monoisotopic (exact) mass is 373 g/mol. The summed E-state index contributed by atoms with van der Waals surface area (Å²) in [4.78, 5) is 15.2. The lowest BCUT2D eigenvalue weighted by Crippen LogP contribution is -2.44. The third-order valence-corrected chi connectivity index (χ3v) is 5.78. The molecule has 0 aliphatic carbocycles. The van der Waals surface area contributed by atoms with Crippen molar-refractivity contribution in [1.82, 2.24) is 9.47 Å². The Labute approximate surface area is 166 Å². The molecule has 0 spiro atoms. The molecule has 4 rings (SSSR count). The van der Waals surface area contributed by atoms with Gasteiger partial charge < -0.3 is 14.8 Å². The van der Waals surface area contributed by atoms with Crippen molar-refractivity contribution in [3.05, 3.63) is 88.2 Å². The molecule has 0 saturated heterocycles. The Morgan fingerprint density at radius 3 is 2.50 bits per heavy atom. The van der Waals surface area contributed by atoms with Crippen molar-refractivity contribution in [3.63, 3.8) is 0 Å². The fraction of sp³-hybridized carbons (Fsp3) is 0.292. The van der Waals surface area contributed by atoms with E-state index >= 15 is 0 Å². The Bertz CT molecular complexity index is 1030. The summed E-state index contributed by atoms with van der Waals surface area (Å²) in [5, 5.41) is 3.11. The number of fused-ring (bicyclic) bond motifs is 1. The van der Waals surface area contributed by atoms with Gasteiger partial charge in [-0.15, -0.1) is 0 Å². The molecule has 1 aromatic heterocycles. The van der Waals surface area contributed by atoms with Crippen LogP contribution >= 0.6 is 0 Å². The molecule has 4 nitrogen and oxygen atoms in total. The second kappa shape index (κ2) is 7.19. The van der Waals surface area contributed by atoms with Crippen molar-refractivity contribution in [1.29, 1.82) is 0 Å². The molecule has 0 bridgehead atoms. The Balaban J connectivity index is 1.70. The maximum absolute atomic E-state index is 13.3. The fourth-order valence-electron chi connectivity index (χ4n) is 4.08. The first kappa shape index (κ1) is 18.4. The number of aromatic nitrogens is 1. The molecule has 2 amide bonds. The van der Waals surface area contributed by atoms with Gasteiger partial charge in [0.1, 0.15) is 0 Å². The van der Waals surface area contributed by atoms with Crippen molar-refractivity contribution in [2.75, 3.05) is 11.9 Å². The molecule has 0 fully saturated rings. The van der Waals surface area contributed by atoms with Gasteiger partial charge in [0.25, 0.3) is 0 Å². The number of hydrogen-bond donors (Lipinski definition) is 1. The topological polar surface area (TPSA) is 37.3 Å². The predicted molar refractivity (Wildman–Crippen MR) is 114 cm³/mol. The summed E-state index contributed by atoms with van der Waals surface area (Å²) < 4.78 is 2.25. The van der Waals surface area contributed by atoms with Crippen LogP contribution in [-0.4, -0.2) is 22.0 Å². The molecule has 2 aromatic carbocycles. The van der Waals surface area contributed by atoms with Crippen molar-refractivity contribution < 1.29 is 4.79 Å². The lowest BCUT2D eigenvalue weighted by atomic mass is 9.94. The summed E-state index contributed by atoms with van der Waals surface area (Å²) in [6, 6.07) is 16.6. The number of hydrogen-bond acceptors (Lipinski definition) is 1. The van der Waals surface area contributed by atoms with E-state index in [0.717, 1.165) is 17.9 Å². The highest BCUT2D eigenvalue weighted by molar-refractivity contribution is 5.90. The Hall–Kier alpha value is -3.01. The second-order valence-electron chi connectivity index (χ2n) is 7.81. The third kappa shape index (κ3) is 3.31. The van der Waals surface area contributed by atoms with E-state index in [9.17, 15) is 4.79 Å². The molecular weight excluding hydrogens is 346 g/mol. The fourth-order valence-corrected chi connectivity index (χ4v) is 4.08. The molecule has 1 unspecified atom stereocenters. The summed E-state index contributed by atoms with van der Waals surface area (Å²) in [6.07, 6.45) is 2.10. The van der Waals surface area contributed by atoms with Crippen molar-refractivity contribution >= 4 is 11.7 Å². The third-order valence-electron chi connectivity index (χ3n) is 5.78. The lowest BCUT2D eigenvalue weighted by Gasteiger charge is -2.38. The van der Waals surface area contributed by atoms with E-state index in [2.05, 4.69) is 74.1 Å². The van der Waals surface area contributed by atoms with Gasteiger partial charge in [0.05, 0.1) is 6.04 Å². The van der Waals surface area contributed by atoms with Crippen LogP contribution in [0.25, 0.3) is 0 Å². The van der Waals surface area contributed by atoms with Crippen molar-refractivity contribution in [3.8, 4) is 0 Å². The maximum Gasteiger partial charge on any atom is 0.322 e. The number of anilines is 1. The number of benzene rings is 2. The zero-order valence-corrected chi connectivity index (χ0v) is 17.0. The van der Waals surface area contributed by atoms with Crippen LogP contribution < -0.4 is 5.32 Å². The Morgan fingerprint density at radius 2 is 1.75 bits per heavy atom. The lowest BCUT2D eigenvalue weighted by molar-refractivity contribution is 0.181. The average Bonchev–Trinajstić information content (AvgIpc) is 3.13. The van der Waals surface area contributed by atoms with Gasteiger partial charge in [-0.2, -0.15) is 0 Å². The molecule has 28 heavy (non-hydrogen) atoms. The van der Waals surface area contributed by atoms with Gasteiger partial charge in [-0.05, 0) is 74.2 Å². The van der Waals surface area contributed by atoms with E-state index in [1.165, 1.54) is 27.8 Å². The van der Waals surface area contributed by atoms with Gasteiger partial charge in [0.2, 0.25) is 0 Å². The smallest absolute Gasteiger partial charge is 0.322 e. The van der Waals surface area contributed by atoms with Crippen LogP contribution in [0.3, 0.4) is 0 Å². The van der Waals surface area contributed by atoms with Crippen LogP contribution in [0, 0.1) is 27.7 Å². The van der Waals surface area contributed by atoms with Crippen LogP contribution in [0.1, 0.15) is 39.6 Å². The minimum atomic E-state index is -0.0871. The maximum atomic E-state index is 13.3. The van der Waals surface area contributed by atoms with E-state index in [-0.39, 0.29) is 12.1 Å². The van der Waals surface area contributed by atoms with Crippen molar-refractivity contribution in [2.24, 2.45) is 0 Å². The number of aryl methyl sites for hydroxylation is 4. The number of carbonyl (C=O) groups excluding carboxylic acids is 1. The van der Waals surface area contributed by atoms with Gasteiger partial charge in [0, 0.05) is 30.7 Å². The SMILES string of the molecule is Cc1ccc(C2c3cccn3CCN2C(=O)Nc2ccc(C)c(C)c2)c(C)c1. The number of urea groups is 1. The summed E-state index contributed by atoms with van der Waals surface area (Å²) in [7, 11) is 0. The summed E-state index contributed by atoms with van der Waals surface area (Å²) in [5.41, 5.74) is 8.03. The molecule has 2 heterocycles. The normalized spacial score (nSPS) is 16.0. The van der Waals surface area contributed by atoms with E-state index in [1.807, 2.05) is 23.1 Å². The Morgan fingerprint density at radius 1 is 0.929 bits per heavy atom. The Kier molecular flexibility index (Phi) is 4.71. The van der Waals surface area contributed by atoms with Crippen LogP contribution in [-0.2, 0) is 6.54 Å². The first-order chi connectivity index (χ1) is 13.4. The van der Waals surface area contributed by atoms with Gasteiger partial charge in [-0.25, -0.2) is 4.79 Å². The van der Waals surface area contributed by atoms with E-state index < -0.39 is 0 Å². The quantitative estimate of drug-likeness (QED) is 0.645. The van der Waals surface area contributed by atoms with Gasteiger partial charge in [0.15, 0.2) is 0 Å². The minimum absolute atomic E-state index is 0.0549. The van der Waals surface area contributed by atoms with Crippen LogP contribution in [0.2, 0.25) is 0 Å². The molecule has 1 N–H and O–H groups in total. The second-order valence-corrected chi connectivity index (χ2v) is 7.81.